The smallest absolute Gasteiger partial charge is 0.344 e. The van der Waals surface area contributed by atoms with Crippen molar-refractivity contribution in [2.45, 2.75) is 13.0 Å². The zero-order valence-corrected chi connectivity index (χ0v) is 15.0. The van der Waals surface area contributed by atoms with Crippen molar-refractivity contribution < 1.29 is 33.1 Å². The number of hydrogen-bond acceptors (Lipinski definition) is 7. The molecule has 0 aliphatic carbocycles. The average molecular weight is 392 g/mol. The van der Waals surface area contributed by atoms with E-state index in [0.29, 0.717) is 0 Å². The van der Waals surface area contributed by atoms with Crippen LogP contribution in [0.15, 0.2) is 42.5 Å². The maximum absolute atomic E-state index is 13.1. The van der Waals surface area contributed by atoms with Gasteiger partial charge in [-0.2, -0.15) is 0 Å². The van der Waals surface area contributed by atoms with E-state index in [9.17, 15) is 24.1 Å². The number of benzene rings is 2. The van der Waals surface area contributed by atoms with E-state index in [1.807, 2.05) is 0 Å². The van der Waals surface area contributed by atoms with Crippen molar-refractivity contribution in [1.29, 1.82) is 0 Å². The Kier molecular flexibility index (Phi) is 6.85. The number of carbonyl (C=O) groups excluding carboxylic acids is 2. The van der Waals surface area contributed by atoms with E-state index in [0.717, 1.165) is 12.1 Å². The second-order valence-electron chi connectivity index (χ2n) is 5.51. The van der Waals surface area contributed by atoms with Crippen molar-refractivity contribution in [3.05, 3.63) is 58.4 Å². The van der Waals surface area contributed by atoms with Crippen LogP contribution in [0.5, 0.6) is 11.5 Å². The van der Waals surface area contributed by atoms with Crippen LogP contribution in [-0.4, -0.2) is 36.6 Å². The third-order valence-corrected chi connectivity index (χ3v) is 3.48. The van der Waals surface area contributed by atoms with Crippen molar-refractivity contribution >= 4 is 23.3 Å². The highest BCUT2D eigenvalue weighted by Crippen LogP contribution is 2.29. The van der Waals surface area contributed by atoms with Crippen LogP contribution < -0.4 is 14.8 Å². The molecule has 0 radical (unpaired) electrons. The summed E-state index contributed by atoms with van der Waals surface area (Å²) in [5, 5.41) is 13.3. The predicted octanol–water partition coefficient (Wildman–Crippen LogP) is 2.69. The topological polar surface area (TPSA) is 117 Å². The molecule has 0 aliphatic heterocycles. The van der Waals surface area contributed by atoms with Gasteiger partial charge in [-0.3, -0.25) is 14.9 Å². The minimum Gasteiger partial charge on any atom is -0.495 e. The first-order valence-corrected chi connectivity index (χ1v) is 8.01. The number of halogens is 1. The molecule has 0 spiro atoms. The molecule has 0 unspecified atom stereocenters. The van der Waals surface area contributed by atoms with E-state index < -0.39 is 35.3 Å². The van der Waals surface area contributed by atoms with E-state index >= 15 is 0 Å². The van der Waals surface area contributed by atoms with E-state index in [-0.39, 0.29) is 22.9 Å². The Bertz CT molecular complexity index is 888. The summed E-state index contributed by atoms with van der Waals surface area (Å²) in [5.41, 5.74) is -0.190. The zero-order chi connectivity index (χ0) is 20.7. The summed E-state index contributed by atoms with van der Waals surface area (Å²) >= 11 is 0. The minimum atomic E-state index is -1.22. The molecule has 2 rings (SSSR count). The van der Waals surface area contributed by atoms with Crippen LogP contribution in [0.3, 0.4) is 0 Å². The lowest BCUT2D eigenvalue weighted by molar-refractivity contribution is -0.384. The SMILES string of the molecule is COc1ccc([N+](=O)[O-])cc1NC(=O)[C@@H](C)OC(=O)COc1cccc(F)c1. The van der Waals surface area contributed by atoms with Gasteiger partial charge in [0, 0.05) is 18.2 Å². The lowest BCUT2D eigenvalue weighted by atomic mass is 10.2. The molecule has 148 valence electrons. The van der Waals surface area contributed by atoms with E-state index in [1.54, 1.807) is 0 Å². The third-order valence-electron chi connectivity index (χ3n) is 3.48. The number of anilines is 1. The van der Waals surface area contributed by atoms with Gasteiger partial charge in [-0.05, 0) is 25.1 Å². The molecule has 1 atom stereocenters. The molecule has 0 bridgehead atoms. The fourth-order valence-corrected chi connectivity index (χ4v) is 2.13. The molecule has 9 nitrogen and oxygen atoms in total. The molecular formula is C18H17FN2O7. The van der Waals surface area contributed by atoms with Gasteiger partial charge in [-0.15, -0.1) is 0 Å². The molecule has 2 aromatic carbocycles. The number of amides is 1. The number of ether oxygens (including phenoxy) is 3. The van der Waals surface area contributed by atoms with Crippen LogP contribution >= 0.6 is 0 Å². The van der Waals surface area contributed by atoms with Crippen molar-refractivity contribution in [2.75, 3.05) is 19.0 Å². The number of nitrogens with one attached hydrogen (secondary N) is 1. The van der Waals surface area contributed by atoms with Gasteiger partial charge in [0.2, 0.25) is 0 Å². The third kappa shape index (κ3) is 5.66. The first-order valence-electron chi connectivity index (χ1n) is 8.01. The summed E-state index contributed by atoms with van der Waals surface area (Å²) in [4.78, 5) is 34.3. The van der Waals surface area contributed by atoms with Crippen molar-refractivity contribution in [2.24, 2.45) is 0 Å². The Labute approximate surface area is 159 Å². The van der Waals surface area contributed by atoms with Gasteiger partial charge < -0.3 is 19.5 Å². The van der Waals surface area contributed by atoms with Gasteiger partial charge in [-0.1, -0.05) is 6.07 Å². The monoisotopic (exact) mass is 392 g/mol. The highest BCUT2D eigenvalue weighted by molar-refractivity contribution is 5.96. The molecule has 1 N–H and O–H groups in total. The van der Waals surface area contributed by atoms with Gasteiger partial charge in [0.25, 0.3) is 11.6 Å². The van der Waals surface area contributed by atoms with Crippen LogP contribution in [0.25, 0.3) is 0 Å². The van der Waals surface area contributed by atoms with Crippen LogP contribution in [0, 0.1) is 15.9 Å². The highest BCUT2D eigenvalue weighted by atomic mass is 19.1. The van der Waals surface area contributed by atoms with Crippen molar-refractivity contribution in [1.82, 2.24) is 0 Å². The molecular weight excluding hydrogens is 375 g/mol. The fourth-order valence-electron chi connectivity index (χ4n) is 2.13. The second kappa shape index (κ2) is 9.31. The maximum Gasteiger partial charge on any atom is 0.344 e. The molecule has 0 fully saturated rings. The molecule has 28 heavy (non-hydrogen) atoms. The summed E-state index contributed by atoms with van der Waals surface area (Å²) in [6.07, 6.45) is -1.22. The first-order chi connectivity index (χ1) is 13.3. The zero-order valence-electron chi connectivity index (χ0n) is 15.0. The van der Waals surface area contributed by atoms with Crippen molar-refractivity contribution in [3.8, 4) is 11.5 Å². The number of esters is 1. The standard InChI is InChI=1S/C18H17FN2O7/c1-11(28-17(22)10-27-14-5-3-4-12(19)8-14)18(23)20-15-9-13(21(24)25)6-7-16(15)26-2/h3-9,11H,10H2,1-2H3,(H,20,23)/t11-/m1/s1. The van der Waals surface area contributed by atoms with Crippen LogP contribution in [0.1, 0.15) is 6.92 Å². The number of hydrogen-bond donors (Lipinski definition) is 1. The van der Waals surface area contributed by atoms with Gasteiger partial charge in [0.05, 0.1) is 17.7 Å². The average Bonchev–Trinajstić information content (AvgIpc) is 2.66. The molecule has 0 heterocycles. The first kappa shape index (κ1) is 20.6. The van der Waals surface area contributed by atoms with Crippen molar-refractivity contribution in [3.63, 3.8) is 0 Å². The molecule has 0 saturated carbocycles. The Morgan fingerprint density at radius 3 is 2.64 bits per heavy atom. The number of nitro groups is 1. The Morgan fingerprint density at radius 2 is 2.00 bits per heavy atom. The van der Waals surface area contributed by atoms with Crippen LogP contribution in [0.4, 0.5) is 15.8 Å². The second-order valence-corrected chi connectivity index (χ2v) is 5.51. The fraction of sp³-hybridized carbons (Fsp3) is 0.222. The minimum absolute atomic E-state index is 0.0561. The Balaban J connectivity index is 1.94. The molecule has 2 aromatic rings. The number of methoxy groups -OCH3 is 1. The van der Waals surface area contributed by atoms with Crippen LogP contribution in [-0.2, 0) is 14.3 Å². The summed E-state index contributed by atoms with van der Waals surface area (Å²) in [5.74, 6) is -1.76. The summed E-state index contributed by atoms with van der Waals surface area (Å²) < 4.78 is 28.1. The van der Waals surface area contributed by atoms with E-state index in [1.165, 1.54) is 44.4 Å². The Hall–Kier alpha value is -3.69. The maximum atomic E-state index is 13.1. The number of nitrogens with zero attached hydrogens (tertiary/aromatic N) is 1. The van der Waals surface area contributed by atoms with E-state index in [4.69, 9.17) is 14.2 Å². The highest BCUT2D eigenvalue weighted by Gasteiger charge is 2.21. The Morgan fingerprint density at radius 1 is 1.25 bits per heavy atom. The summed E-state index contributed by atoms with van der Waals surface area (Å²) in [6, 6.07) is 8.87. The van der Waals surface area contributed by atoms with Gasteiger partial charge in [-0.25, -0.2) is 9.18 Å². The van der Waals surface area contributed by atoms with Gasteiger partial charge >= 0.3 is 5.97 Å². The molecule has 1 amide bonds. The lowest BCUT2D eigenvalue weighted by Gasteiger charge is -2.15. The largest absolute Gasteiger partial charge is 0.495 e. The molecule has 0 aromatic heterocycles. The quantitative estimate of drug-likeness (QED) is 0.417. The number of rotatable bonds is 8. The van der Waals surface area contributed by atoms with E-state index in [2.05, 4.69) is 5.32 Å². The molecule has 0 aliphatic rings. The lowest BCUT2D eigenvalue weighted by Crippen LogP contribution is -2.31. The number of carbonyl (C=O) groups is 2. The van der Waals surface area contributed by atoms with Gasteiger partial charge in [0.1, 0.15) is 17.3 Å². The summed E-state index contributed by atoms with van der Waals surface area (Å²) in [6.45, 7) is 0.792. The number of non-ortho nitro benzene ring substituents is 1. The predicted molar refractivity (Wildman–Crippen MR) is 95.7 cm³/mol. The molecule has 10 heteroatoms. The summed E-state index contributed by atoms with van der Waals surface area (Å²) in [7, 11) is 1.34. The normalized spacial score (nSPS) is 11.2. The number of nitro benzene ring substituents is 1. The van der Waals surface area contributed by atoms with Crippen LogP contribution in [0.2, 0.25) is 0 Å². The molecule has 0 saturated heterocycles. The van der Waals surface area contributed by atoms with Gasteiger partial charge in [0.15, 0.2) is 12.7 Å².